The molecule has 1 aromatic rings. The number of aryl methyl sites for hydroxylation is 1. The first kappa shape index (κ1) is 17.5. The van der Waals surface area contributed by atoms with Gasteiger partial charge in [0.25, 0.3) is 0 Å². The van der Waals surface area contributed by atoms with Crippen molar-refractivity contribution in [2.24, 2.45) is 5.41 Å². The highest BCUT2D eigenvalue weighted by atomic mass is 16.5. The number of rotatable bonds is 6. The molecule has 1 aromatic carbocycles. The zero-order valence-corrected chi connectivity index (χ0v) is 14.1. The smallest absolute Gasteiger partial charge is 0.309 e. The van der Waals surface area contributed by atoms with Crippen LogP contribution >= 0.6 is 0 Å². The summed E-state index contributed by atoms with van der Waals surface area (Å²) >= 11 is 0. The number of aliphatic carboxylic acids is 1. The summed E-state index contributed by atoms with van der Waals surface area (Å²) in [6.07, 6.45) is 1.48. The van der Waals surface area contributed by atoms with Crippen LogP contribution in [-0.2, 0) is 16.6 Å². The minimum Gasteiger partial charge on any atom is -0.493 e. The second kappa shape index (κ2) is 6.50. The van der Waals surface area contributed by atoms with Gasteiger partial charge < -0.3 is 9.84 Å². The fourth-order valence-electron chi connectivity index (χ4n) is 2.03. The number of carboxylic acids is 1. The van der Waals surface area contributed by atoms with Gasteiger partial charge in [0.1, 0.15) is 5.75 Å². The van der Waals surface area contributed by atoms with Crippen molar-refractivity contribution in [3.05, 3.63) is 29.3 Å². The zero-order chi connectivity index (χ0) is 16.3. The predicted octanol–water partition coefficient (Wildman–Crippen LogP) is 4.43. The quantitative estimate of drug-likeness (QED) is 0.844. The van der Waals surface area contributed by atoms with Crippen LogP contribution in [0, 0.1) is 5.41 Å². The van der Waals surface area contributed by atoms with Gasteiger partial charge in [0.15, 0.2) is 0 Å². The van der Waals surface area contributed by atoms with E-state index < -0.39 is 11.4 Å². The van der Waals surface area contributed by atoms with Crippen LogP contribution in [0.5, 0.6) is 5.75 Å². The van der Waals surface area contributed by atoms with Gasteiger partial charge in [-0.15, -0.1) is 0 Å². The molecule has 0 atom stereocenters. The molecular weight excluding hydrogens is 264 g/mol. The summed E-state index contributed by atoms with van der Waals surface area (Å²) in [6, 6.07) is 6.28. The van der Waals surface area contributed by atoms with Gasteiger partial charge in [-0.25, -0.2) is 0 Å². The van der Waals surface area contributed by atoms with E-state index in [1.165, 1.54) is 11.1 Å². The lowest BCUT2D eigenvalue weighted by Crippen LogP contribution is -2.26. The van der Waals surface area contributed by atoms with E-state index in [0.29, 0.717) is 13.0 Å². The summed E-state index contributed by atoms with van der Waals surface area (Å²) in [4.78, 5) is 11.1. The fourth-order valence-corrected chi connectivity index (χ4v) is 2.03. The van der Waals surface area contributed by atoms with Crippen LogP contribution in [0.1, 0.15) is 59.1 Å². The second-order valence-corrected chi connectivity index (χ2v) is 7.22. The molecule has 0 radical (unpaired) electrons. The van der Waals surface area contributed by atoms with Crippen molar-refractivity contribution in [1.29, 1.82) is 0 Å². The van der Waals surface area contributed by atoms with E-state index in [1.54, 1.807) is 13.8 Å². The SMILES string of the molecule is CCc1ccc(OCCC(C)(C)C(=O)O)c(C(C)(C)C)c1. The molecule has 0 amide bonds. The first-order valence-electron chi connectivity index (χ1n) is 7.57. The lowest BCUT2D eigenvalue weighted by atomic mass is 9.85. The number of carbonyl (C=O) groups is 1. The second-order valence-electron chi connectivity index (χ2n) is 7.22. The Balaban J connectivity index is 2.87. The third-order valence-corrected chi connectivity index (χ3v) is 3.82. The summed E-state index contributed by atoms with van der Waals surface area (Å²) in [7, 11) is 0. The molecule has 3 nitrogen and oxygen atoms in total. The van der Waals surface area contributed by atoms with Gasteiger partial charge in [-0.1, -0.05) is 39.8 Å². The average Bonchev–Trinajstić information content (AvgIpc) is 2.37. The van der Waals surface area contributed by atoms with Crippen molar-refractivity contribution in [3.63, 3.8) is 0 Å². The Hall–Kier alpha value is -1.51. The number of hydrogen-bond acceptors (Lipinski definition) is 2. The Morgan fingerprint density at radius 1 is 1.19 bits per heavy atom. The summed E-state index contributed by atoms with van der Waals surface area (Å²) in [5.74, 6) is 0.0735. The number of ether oxygens (including phenoxy) is 1. The van der Waals surface area contributed by atoms with Crippen LogP contribution in [0.4, 0.5) is 0 Å². The lowest BCUT2D eigenvalue weighted by molar-refractivity contribution is -0.147. The number of hydrogen-bond donors (Lipinski definition) is 1. The molecule has 1 rings (SSSR count). The molecule has 0 bridgehead atoms. The summed E-state index contributed by atoms with van der Waals surface area (Å²) in [6.45, 7) is 12.5. The molecule has 118 valence electrons. The van der Waals surface area contributed by atoms with Crippen molar-refractivity contribution in [1.82, 2.24) is 0 Å². The molecule has 1 N–H and O–H groups in total. The normalized spacial score (nSPS) is 12.3. The third-order valence-electron chi connectivity index (χ3n) is 3.82. The molecule has 0 saturated carbocycles. The maximum Gasteiger partial charge on any atom is 0.309 e. The Bertz CT molecular complexity index is 496. The zero-order valence-electron chi connectivity index (χ0n) is 14.1. The third kappa shape index (κ3) is 4.76. The molecule has 0 unspecified atom stereocenters. The van der Waals surface area contributed by atoms with Gasteiger partial charge in [0.05, 0.1) is 12.0 Å². The standard InChI is InChI=1S/C18H28O3/c1-7-13-8-9-15(14(12-13)17(2,3)4)21-11-10-18(5,6)16(19)20/h8-9,12H,7,10-11H2,1-6H3,(H,19,20). The van der Waals surface area contributed by atoms with Crippen molar-refractivity contribution < 1.29 is 14.6 Å². The predicted molar refractivity (Wildman–Crippen MR) is 86.0 cm³/mol. The van der Waals surface area contributed by atoms with Gasteiger partial charge in [-0.05, 0) is 49.3 Å². The Morgan fingerprint density at radius 3 is 2.29 bits per heavy atom. The highest BCUT2D eigenvalue weighted by Gasteiger charge is 2.27. The Kier molecular flexibility index (Phi) is 5.43. The van der Waals surface area contributed by atoms with Crippen LogP contribution < -0.4 is 4.74 Å². The van der Waals surface area contributed by atoms with E-state index in [1.807, 2.05) is 6.07 Å². The molecule has 21 heavy (non-hydrogen) atoms. The molecule has 0 aromatic heterocycles. The highest BCUT2D eigenvalue weighted by molar-refractivity contribution is 5.73. The van der Waals surface area contributed by atoms with Gasteiger partial charge >= 0.3 is 5.97 Å². The van der Waals surface area contributed by atoms with Crippen molar-refractivity contribution in [2.75, 3.05) is 6.61 Å². The number of benzene rings is 1. The van der Waals surface area contributed by atoms with Crippen molar-refractivity contribution in [3.8, 4) is 5.75 Å². The van der Waals surface area contributed by atoms with E-state index in [-0.39, 0.29) is 5.41 Å². The van der Waals surface area contributed by atoms with Crippen LogP contribution in [0.25, 0.3) is 0 Å². The molecule has 0 saturated heterocycles. The fraction of sp³-hybridized carbons (Fsp3) is 0.611. The van der Waals surface area contributed by atoms with Gasteiger partial charge in [0.2, 0.25) is 0 Å². The minimum absolute atomic E-state index is 0.00281. The van der Waals surface area contributed by atoms with Gasteiger partial charge in [-0.2, -0.15) is 0 Å². The lowest BCUT2D eigenvalue weighted by Gasteiger charge is -2.25. The molecule has 0 aliphatic heterocycles. The van der Waals surface area contributed by atoms with Crippen LogP contribution in [0.2, 0.25) is 0 Å². The van der Waals surface area contributed by atoms with E-state index >= 15 is 0 Å². The van der Waals surface area contributed by atoms with Crippen LogP contribution in [0.3, 0.4) is 0 Å². The van der Waals surface area contributed by atoms with E-state index in [9.17, 15) is 4.79 Å². The van der Waals surface area contributed by atoms with Crippen LogP contribution in [0.15, 0.2) is 18.2 Å². The van der Waals surface area contributed by atoms with Gasteiger partial charge in [-0.3, -0.25) is 4.79 Å². The van der Waals surface area contributed by atoms with E-state index in [2.05, 4.69) is 39.8 Å². The maximum absolute atomic E-state index is 11.1. The molecule has 3 heteroatoms. The van der Waals surface area contributed by atoms with Crippen molar-refractivity contribution >= 4 is 5.97 Å². The molecule has 0 heterocycles. The Labute approximate surface area is 128 Å². The first-order valence-corrected chi connectivity index (χ1v) is 7.57. The molecule has 0 fully saturated rings. The van der Waals surface area contributed by atoms with E-state index in [0.717, 1.165) is 12.2 Å². The average molecular weight is 292 g/mol. The maximum atomic E-state index is 11.1. The van der Waals surface area contributed by atoms with Gasteiger partial charge in [0, 0.05) is 0 Å². The molecule has 0 aliphatic rings. The summed E-state index contributed by atoms with van der Waals surface area (Å²) < 4.78 is 5.89. The molecule has 0 aliphatic carbocycles. The first-order chi connectivity index (χ1) is 9.58. The molecular formula is C18H28O3. The Morgan fingerprint density at radius 2 is 1.81 bits per heavy atom. The summed E-state index contributed by atoms with van der Waals surface area (Å²) in [5, 5.41) is 9.14. The summed E-state index contributed by atoms with van der Waals surface area (Å²) in [5.41, 5.74) is 1.71. The molecule has 0 spiro atoms. The van der Waals surface area contributed by atoms with Crippen molar-refractivity contribution in [2.45, 2.75) is 59.8 Å². The monoisotopic (exact) mass is 292 g/mol. The highest BCUT2D eigenvalue weighted by Crippen LogP contribution is 2.33. The van der Waals surface area contributed by atoms with Crippen LogP contribution in [-0.4, -0.2) is 17.7 Å². The topological polar surface area (TPSA) is 46.5 Å². The van der Waals surface area contributed by atoms with E-state index in [4.69, 9.17) is 9.84 Å². The number of carboxylic acid groups (broad SMARTS) is 1. The minimum atomic E-state index is -0.788. The largest absolute Gasteiger partial charge is 0.493 e.